The molecule has 0 aliphatic rings. The van der Waals surface area contributed by atoms with E-state index in [-0.39, 0.29) is 5.91 Å². The van der Waals surface area contributed by atoms with E-state index in [0.717, 1.165) is 15.7 Å². The quantitative estimate of drug-likeness (QED) is 0.634. The van der Waals surface area contributed by atoms with Crippen LogP contribution in [0.5, 0.6) is 5.75 Å². The summed E-state index contributed by atoms with van der Waals surface area (Å²) < 4.78 is 8.15. The fourth-order valence-corrected chi connectivity index (χ4v) is 2.69. The molecule has 0 unspecified atom stereocenters. The smallest absolute Gasteiger partial charge is 0.275 e. The number of carbonyl (C=O) groups is 1. The highest BCUT2D eigenvalue weighted by Gasteiger charge is 2.12. The predicted octanol–water partition coefficient (Wildman–Crippen LogP) is 3.91. The zero-order valence-corrected chi connectivity index (χ0v) is 15.2. The van der Waals surface area contributed by atoms with Gasteiger partial charge >= 0.3 is 0 Å². The van der Waals surface area contributed by atoms with Gasteiger partial charge < -0.3 is 9.30 Å². The van der Waals surface area contributed by atoms with Gasteiger partial charge in [-0.1, -0.05) is 15.9 Å². The van der Waals surface area contributed by atoms with Gasteiger partial charge in [-0.3, -0.25) is 4.79 Å². The summed E-state index contributed by atoms with van der Waals surface area (Å²) in [5.74, 6) is 0.183. The molecule has 1 N–H and O–H groups in total. The van der Waals surface area contributed by atoms with Crippen molar-refractivity contribution in [3.8, 4) is 5.75 Å². The van der Waals surface area contributed by atoms with E-state index in [1.807, 2.05) is 25.3 Å². The molecule has 1 aromatic heterocycles. The molecule has 0 radical (unpaired) electrons. The summed E-state index contributed by atoms with van der Waals surface area (Å²) in [4.78, 5) is 12.2. The average Bonchev–Trinajstić information content (AvgIpc) is 2.88. The van der Waals surface area contributed by atoms with Crippen molar-refractivity contribution in [1.29, 1.82) is 0 Å². The maximum Gasteiger partial charge on any atom is 0.275 e. The van der Waals surface area contributed by atoms with Gasteiger partial charge in [0.05, 0.1) is 18.9 Å². The third-order valence-electron chi connectivity index (χ3n) is 3.41. The fraction of sp³-hybridized carbons (Fsp3) is 0.294. The number of hydrazone groups is 1. The molecule has 6 heteroatoms. The van der Waals surface area contributed by atoms with Crippen LogP contribution in [0.1, 0.15) is 41.5 Å². The van der Waals surface area contributed by atoms with Crippen LogP contribution in [0.3, 0.4) is 0 Å². The van der Waals surface area contributed by atoms with Gasteiger partial charge in [-0.05, 0) is 45.0 Å². The van der Waals surface area contributed by atoms with Crippen LogP contribution in [0.4, 0.5) is 0 Å². The lowest BCUT2D eigenvalue weighted by atomic mass is 10.2. The molecule has 1 aromatic carbocycles. The molecule has 0 aliphatic heterocycles. The van der Waals surface area contributed by atoms with Crippen LogP contribution in [-0.2, 0) is 0 Å². The number of hydrogen-bond donors (Lipinski definition) is 1. The van der Waals surface area contributed by atoms with Crippen molar-refractivity contribution in [2.75, 3.05) is 7.11 Å². The van der Waals surface area contributed by atoms with Gasteiger partial charge in [0.2, 0.25) is 0 Å². The molecule has 1 amide bonds. The average molecular weight is 378 g/mol. The molecule has 0 aliphatic carbocycles. The van der Waals surface area contributed by atoms with Crippen molar-refractivity contribution in [2.24, 2.45) is 5.10 Å². The molecular formula is C17H20BrN3O2. The Morgan fingerprint density at radius 2 is 2.13 bits per heavy atom. The maximum absolute atomic E-state index is 12.2. The maximum atomic E-state index is 12.2. The number of aromatic nitrogens is 1. The Balaban J connectivity index is 2.10. The lowest BCUT2D eigenvalue weighted by molar-refractivity contribution is 0.0952. The number of hydrogen-bond acceptors (Lipinski definition) is 3. The molecular weight excluding hydrogens is 358 g/mol. The number of halogens is 1. The van der Waals surface area contributed by atoms with E-state index < -0.39 is 0 Å². The monoisotopic (exact) mass is 377 g/mol. The van der Waals surface area contributed by atoms with Crippen LogP contribution in [0, 0.1) is 6.92 Å². The van der Waals surface area contributed by atoms with Crippen molar-refractivity contribution < 1.29 is 9.53 Å². The number of rotatable bonds is 5. The molecule has 2 rings (SSSR count). The number of methoxy groups -OCH3 is 1. The van der Waals surface area contributed by atoms with E-state index in [9.17, 15) is 4.79 Å². The molecule has 0 fully saturated rings. The highest BCUT2D eigenvalue weighted by atomic mass is 79.9. The second-order valence-corrected chi connectivity index (χ2v) is 6.38. The van der Waals surface area contributed by atoms with E-state index in [0.29, 0.717) is 17.4 Å². The van der Waals surface area contributed by atoms with Crippen LogP contribution in [0.25, 0.3) is 0 Å². The fourth-order valence-electron chi connectivity index (χ4n) is 2.33. The lowest BCUT2D eigenvalue weighted by Gasteiger charge is -2.08. The van der Waals surface area contributed by atoms with E-state index in [4.69, 9.17) is 4.74 Å². The molecule has 0 atom stereocenters. The van der Waals surface area contributed by atoms with Crippen molar-refractivity contribution in [3.05, 3.63) is 51.8 Å². The second-order valence-electron chi connectivity index (χ2n) is 5.46. The van der Waals surface area contributed by atoms with Gasteiger partial charge in [-0.2, -0.15) is 5.10 Å². The Morgan fingerprint density at radius 1 is 1.39 bits per heavy atom. The van der Waals surface area contributed by atoms with Gasteiger partial charge in [0, 0.05) is 28.0 Å². The van der Waals surface area contributed by atoms with Crippen molar-refractivity contribution >= 4 is 28.1 Å². The Kier molecular flexibility index (Phi) is 5.60. The van der Waals surface area contributed by atoms with Crippen LogP contribution in [0.15, 0.2) is 40.0 Å². The van der Waals surface area contributed by atoms with Crippen molar-refractivity contribution in [1.82, 2.24) is 9.99 Å². The molecule has 1 heterocycles. The predicted molar refractivity (Wildman–Crippen MR) is 95.3 cm³/mol. The number of benzene rings is 1. The normalized spacial score (nSPS) is 11.2. The molecule has 0 saturated carbocycles. The van der Waals surface area contributed by atoms with E-state index in [1.165, 1.54) is 7.11 Å². The summed E-state index contributed by atoms with van der Waals surface area (Å²) in [6, 6.07) is 7.65. The number of nitrogens with one attached hydrogen (secondary N) is 1. The third kappa shape index (κ3) is 4.22. The highest BCUT2D eigenvalue weighted by molar-refractivity contribution is 9.10. The summed E-state index contributed by atoms with van der Waals surface area (Å²) in [6.45, 7) is 6.28. The number of aryl methyl sites for hydroxylation is 1. The Morgan fingerprint density at radius 3 is 2.74 bits per heavy atom. The molecule has 2 aromatic rings. The summed E-state index contributed by atoms with van der Waals surface area (Å²) in [7, 11) is 1.53. The molecule has 0 bridgehead atoms. The number of nitrogens with zero attached hydrogens (tertiary/aromatic N) is 2. The summed E-state index contributed by atoms with van der Waals surface area (Å²) >= 11 is 3.35. The van der Waals surface area contributed by atoms with E-state index >= 15 is 0 Å². The standard InChI is InChI=1S/C17H20BrN3O2/c1-11(2)21-10-13(7-12(21)3)9-19-20-17(22)15-8-14(18)5-6-16(15)23-4/h5-11H,1-4H3,(H,20,22)/b19-9-. The zero-order valence-electron chi connectivity index (χ0n) is 13.6. The summed E-state index contributed by atoms with van der Waals surface area (Å²) in [5.41, 5.74) is 5.05. The van der Waals surface area contributed by atoms with Gasteiger partial charge in [0.25, 0.3) is 5.91 Å². The van der Waals surface area contributed by atoms with Crippen LogP contribution in [-0.4, -0.2) is 23.8 Å². The summed E-state index contributed by atoms with van der Waals surface area (Å²) in [5, 5.41) is 4.03. The van der Waals surface area contributed by atoms with Gasteiger partial charge in [-0.15, -0.1) is 0 Å². The second kappa shape index (κ2) is 7.46. The number of amides is 1. The minimum Gasteiger partial charge on any atom is -0.496 e. The highest BCUT2D eigenvalue weighted by Crippen LogP contribution is 2.22. The first-order valence-corrected chi connectivity index (χ1v) is 8.07. The van der Waals surface area contributed by atoms with E-state index in [1.54, 1.807) is 18.3 Å². The van der Waals surface area contributed by atoms with Crippen LogP contribution in [0.2, 0.25) is 0 Å². The minimum atomic E-state index is -0.320. The Hall–Kier alpha value is -2.08. The van der Waals surface area contributed by atoms with Gasteiger partial charge in [0.15, 0.2) is 0 Å². The molecule has 5 nitrogen and oxygen atoms in total. The zero-order chi connectivity index (χ0) is 17.0. The summed E-state index contributed by atoms with van der Waals surface area (Å²) in [6.07, 6.45) is 3.64. The largest absolute Gasteiger partial charge is 0.496 e. The van der Waals surface area contributed by atoms with Crippen molar-refractivity contribution in [3.63, 3.8) is 0 Å². The first-order chi connectivity index (χ1) is 10.9. The molecule has 0 saturated heterocycles. The van der Waals surface area contributed by atoms with Crippen molar-refractivity contribution in [2.45, 2.75) is 26.8 Å². The SMILES string of the molecule is COc1ccc(Br)cc1C(=O)N/N=C\c1cc(C)n(C(C)C)c1. The lowest BCUT2D eigenvalue weighted by Crippen LogP contribution is -2.18. The first-order valence-electron chi connectivity index (χ1n) is 7.27. The number of carbonyl (C=O) groups excluding carboxylic acids is 1. The van der Waals surface area contributed by atoms with Crippen LogP contribution >= 0.6 is 15.9 Å². The Labute approximate surface area is 144 Å². The van der Waals surface area contributed by atoms with Gasteiger partial charge in [0.1, 0.15) is 5.75 Å². The number of ether oxygens (including phenoxy) is 1. The molecule has 0 spiro atoms. The van der Waals surface area contributed by atoms with E-state index in [2.05, 4.69) is 44.9 Å². The minimum absolute atomic E-state index is 0.320. The first kappa shape index (κ1) is 17.3. The van der Waals surface area contributed by atoms with Crippen LogP contribution < -0.4 is 10.2 Å². The molecule has 23 heavy (non-hydrogen) atoms. The third-order valence-corrected chi connectivity index (χ3v) is 3.91. The topological polar surface area (TPSA) is 55.6 Å². The Bertz CT molecular complexity index is 735. The van der Waals surface area contributed by atoms with Gasteiger partial charge in [-0.25, -0.2) is 5.43 Å². The molecule has 122 valence electrons.